The predicted octanol–water partition coefficient (Wildman–Crippen LogP) is 3.64. The smallest absolute Gasteiger partial charge is 0.0994 e. The van der Waals surface area contributed by atoms with Crippen molar-refractivity contribution in [2.24, 2.45) is 5.73 Å². The van der Waals surface area contributed by atoms with E-state index >= 15 is 0 Å². The summed E-state index contributed by atoms with van der Waals surface area (Å²) in [6, 6.07) is 1.85. The first-order chi connectivity index (χ1) is 5.47. The van der Waals surface area contributed by atoms with Crippen molar-refractivity contribution in [2.45, 2.75) is 25.8 Å². The molecular weight excluding hydrogens is 213 g/mol. The van der Waals surface area contributed by atoms with Crippen molar-refractivity contribution in [2.75, 3.05) is 0 Å². The normalized spacial score (nSPS) is 16.1. The van der Waals surface area contributed by atoms with Gasteiger partial charge in [0.2, 0.25) is 0 Å². The molecule has 0 saturated carbocycles. The molecule has 0 aromatic carbocycles. The van der Waals surface area contributed by atoms with Crippen molar-refractivity contribution in [3.63, 3.8) is 0 Å². The van der Waals surface area contributed by atoms with Gasteiger partial charge in [0, 0.05) is 11.1 Å². The average molecular weight is 224 g/mol. The first-order valence-corrected chi connectivity index (χ1v) is 5.29. The molecule has 0 spiro atoms. The molecule has 0 radical (unpaired) electrons. The van der Waals surface area contributed by atoms with E-state index in [1.165, 1.54) is 11.3 Å². The summed E-state index contributed by atoms with van der Waals surface area (Å²) in [6.07, 6.45) is 0.847. The highest BCUT2D eigenvalue weighted by molar-refractivity contribution is 7.20. The summed E-state index contributed by atoms with van der Waals surface area (Å²) >= 11 is 13.1. The number of halogens is 2. The molecule has 1 heterocycles. The lowest BCUT2D eigenvalue weighted by Crippen LogP contribution is -2.31. The van der Waals surface area contributed by atoms with Crippen LogP contribution in [0.3, 0.4) is 0 Å². The van der Waals surface area contributed by atoms with Gasteiger partial charge < -0.3 is 5.73 Å². The molecule has 4 heteroatoms. The fourth-order valence-corrected chi connectivity index (χ4v) is 2.65. The van der Waals surface area contributed by atoms with Gasteiger partial charge in [-0.3, -0.25) is 0 Å². The van der Waals surface area contributed by atoms with E-state index in [0.29, 0.717) is 8.67 Å². The Balaban J connectivity index is 3.09. The molecule has 1 aromatic heterocycles. The van der Waals surface area contributed by atoms with Crippen LogP contribution in [0.15, 0.2) is 6.07 Å². The average Bonchev–Trinajstić information content (AvgIpc) is 2.31. The molecule has 0 aliphatic carbocycles. The van der Waals surface area contributed by atoms with Crippen LogP contribution in [0, 0.1) is 0 Å². The van der Waals surface area contributed by atoms with E-state index in [2.05, 4.69) is 0 Å². The Morgan fingerprint density at radius 3 is 2.50 bits per heavy atom. The zero-order valence-corrected chi connectivity index (χ0v) is 9.35. The Bertz CT molecular complexity index is 281. The van der Waals surface area contributed by atoms with Crippen molar-refractivity contribution in [3.05, 3.63) is 20.3 Å². The molecule has 2 N–H and O–H groups in total. The molecular formula is C8H11Cl2NS. The van der Waals surface area contributed by atoms with Crippen molar-refractivity contribution in [3.8, 4) is 0 Å². The summed E-state index contributed by atoms with van der Waals surface area (Å²) in [4.78, 5) is 0. The lowest BCUT2D eigenvalue weighted by Gasteiger charge is -2.21. The van der Waals surface area contributed by atoms with Gasteiger partial charge in [-0.15, -0.1) is 11.3 Å². The Morgan fingerprint density at radius 2 is 2.17 bits per heavy atom. The fourth-order valence-electron chi connectivity index (χ4n) is 0.920. The van der Waals surface area contributed by atoms with Crippen molar-refractivity contribution in [1.29, 1.82) is 0 Å². The van der Waals surface area contributed by atoms with Crippen LogP contribution in [-0.4, -0.2) is 0 Å². The third kappa shape index (κ3) is 1.94. The highest BCUT2D eigenvalue weighted by Gasteiger charge is 2.23. The molecule has 68 valence electrons. The van der Waals surface area contributed by atoms with Gasteiger partial charge in [-0.05, 0) is 19.4 Å². The van der Waals surface area contributed by atoms with Crippen LogP contribution in [0.1, 0.15) is 25.8 Å². The lowest BCUT2D eigenvalue weighted by molar-refractivity contribution is 0.478. The van der Waals surface area contributed by atoms with E-state index < -0.39 is 0 Å². The molecule has 0 fully saturated rings. The first-order valence-electron chi connectivity index (χ1n) is 3.71. The summed E-state index contributed by atoms with van der Waals surface area (Å²) in [7, 11) is 0. The zero-order chi connectivity index (χ0) is 9.35. The number of thiophene rings is 1. The van der Waals surface area contributed by atoms with Crippen LogP contribution in [0.2, 0.25) is 8.67 Å². The molecule has 0 saturated heterocycles. The summed E-state index contributed by atoms with van der Waals surface area (Å²) in [5, 5.41) is 0. The molecule has 1 aromatic rings. The molecule has 0 aliphatic heterocycles. The highest BCUT2D eigenvalue weighted by atomic mass is 35.5. The third-order valence-electron chi connectivity index (χ3n) is 2.01. The van der Waals surface area contributed by atoms with Gasteiger partial charge in [-0.2, -0.15) is 0 Å². The Kier molecular flexibility index (Phi) is 3.05. The van der Waals surface area contributed by atoms with Crippen LogP contribution in [0.4, 0.5) is 0 Å². The largest absolute Gasteiger partial charge is 0.322 e. The van der Waals surface area contributed by atoms with Crippen LogP contribution in [0.5, 0.6) is 0 Å². The van der Waals surface area contributed by atoms with Gasteiger partial charge in [0.05, 0.1) is 8.67 Å². The van der Waals surface area contributed by atoms with E-state index in [-0.39, 0.29) is 5.54 Å². The van der Waals surface area contributed by atoms with Gasteiger partial charge in [-0.1, -0.05) is 30.1 Å². The fraction of sp³-hybridized carbons (Fsp3) is 0.500. The number of nitrogens with two attached hydrogens (primary N) is 1. The third-order valence-corrected chi connectivity index (χ3v) is 3.49. The standard InChI is InChI=1S/C8H11Cl2NS/c1-3-8(2,11)5-4-6(9)12-7(5)10/h4H,3,11H2,1-2H3/t8-/m0/s1. The van der Waals surface area contributed by atoms with Gasteiger partial charge in [0.15, 0.2) is 0 Å². The topological polar surface area (TPSA) is 26.0 Å². The molecule has 1 atom stereocenters. The first kappa shape index (κ1) is 10.3. The minimum atomic E-state index is -0.360. The monoisotopic (exact) mass is 223 g/mol. The van der Waals surface area contributed by atoms with Crippen molar-refractivity contribution in [1.82, 2.24) is 0 Å². The number of hydrogen-bond acceptors (Lipinski definition) is 2. The maximum absolute atomic E-state index is 6.02. The molecule has 0 unspecified atom stereocenters. The molecule has 0 amide bonds. The number of hydrogen-bond donors (Lipinski definition) is 1. The van der Waals surface area contributed by atoms with Crippen molar-refractivity contribution < 1.29 is 0 Å². The molecule has 0 bridgehead atoms. The summed E-state index contributed by atoms with van der Waals surface area (Å²) in [5.41, 5.74) is 6.60. The van der Waals surface area contributed by atoms with Crippen LogP contribution in [0.25, 0.3) is 0 Å². The van der Waals surface area contributed by atoms with Gasteiger partial charge in [0.1, 0.15) is 0 Å². The Morgan fingerprint density at radius 1 is 1.58 bits per heavy atom. The zero-order valence-electron chi connectivity index (χ0n) is 7.03. The van der Waals surface area contributed by atoms with Crippen LogP contribution in [-0.2, 0) is 5.54 Å². The second kappa shape index (κ2) is 3.54. The van der Waals surface area contributed by atoms with E-state index in [0.717, 1.165) is 12.0 Å². The van der Waals surface area contributed by atoms with Crippen LogP contribution < -0.4 is 5.73 Å². The van der Waals surface area contributed by atoms with E-state index in [9.17, 15) is 0 Å². The second-order valence-electron chi connectivity index (χ2n) is 3.01. The molecule has 12 heavy (non-hydrogen) atoms. The van der Waals surface area contributed by atoms with Gasteiger partial charge in [-0.25, -0.2) is 0 Å². The van der Waals surface area contributed by atoms with Crippen LogP contribution >= 0.6 is 34.5 Å². The van der Waals surface area contributed by atoms with Gasteiger partial charge in [0.25, 0.3) is 0 Å². The van der Waals surface area contributed by atoms with E-state index in [1.807, 2.05) is 19.9 Å². The SMILES string of the molecule is CC[C@](C)(N)c1cc(Cl)sc1Cl. The predicted molar refractivity (Wildman–Crippen MR) is 56.2 cm³/mol. The number of rotatable bonds is 2. The lowest BCUT2D eigenvalue weighted by atomic mass is 9.93. The molecule has 0 aliphatic rings. The minimum Gasteiger partial charge on any atom is -0.322 e. The summed E-state index contributed by atoms with van der Waals surface area (Å²) < 4.78 is 1.40. The summed E-state index contributed by atoms with van der Waals surface area (Å²) in [6.45, 7) is 3.99. The van der Waals surface area contributed by atoms with E-state index in [1.54, 1.807) is 0 Å². The summed E-state index contributed by atoms with van der Waals surface area (Å²) in [5.74, 6) is 0. The minimum absolute atomic E-state index is 0.360. The van der Waals surface area contributed by atoms with Gasteiger partial charge >= 0.3 is 0 Å². The maximum Gasteiger partial charge on any atom is 0.0994 e. The Labute approximate surface area is 86.5 Å². The maximum atomic E-state index is 6.02. The van der Waals surface area contributed by atoms with Crippen molar-refractivity contribution >= 4 is 34.5 Å². The highest BCUT2D eigenvalue weighted by Crippen LogP contribution is 2.37. The molecule has 1 rings (SSSR count). The van der Waals surface area contributed by atoms with E-state index in [4.69, 9.17) is 28.9 Å². The quantitative estimate of drug-likeness (QED) is 0.815. The molecule has 1 nitrogen and oxygen atoms in total. The second-order valence-corrected chi connectivity index (χ2v) is 5.29. The Hall–Kier alpha value is 0.240.